The fourth-order valence-corrected chi connectivity index (χ4v) is 4.79. The number of rotatable bonds is 6. The van der Waals surface area contributed by atoms with Crippen molar-refractivity contribution in [3.05, 3.63) is 54.1 Å². The van der Waals surface area contributed by atoms with Crippen LogP contribution in [0, 0.1) is 0 Å². The second-order valence-electron chi connectivity index (χ2n) is 7.42. The molecule has 0 spiro atoms. The molecule has 7 heteroatoms. The van der Waals surface area contributed by atoms with Crippen molar-refractivity contribution in [2.24, 2.45) is 0 Å². The number of aromatic nitrogens is 2. The second-order valence-corrected chi connectivity index (χ2v) is 7.81. The smallest absolute Gasteiger partial charge is 0.307 e. The van der Waals surface area contributed by atoms with Crippen LogP contribution in [0.1, 0.15) is 61.6 Å². The molecule has 148 valence electrons. The van der Waals surface area contributed by atoms with Crippen LogP contribution in [0.25, 0.3) is 0 Å². The predicted octanol–water partition coefficient (Wildman–Crippen LogP) is 3.53. The number of carbonyl (C=O) groups is 1. The minimum atomic E-state index is -0.228. The zero-order valence-corrected chi connectivity index (χ0v) is 16.9. The van der Waals surface area contributed by atoms with Crippen LogP contribution >= 0.6 is 12.2 Å². The second kappa shape index (κ2) is 8.31. The van der Waals surface area contributed by atoms with E-state index in [-0.39, 0.29) is 18.1 Å². The van der Waals surface area contributed by atoms with Gasteiger partial charge in [-0.1, -0.05) is 18.9 Å². The van der Waals surface area contributed by atoms with Gasteiger partial charge in [0.1, 0.15) is 0 Å². The summed E-state index contributed by atoms with van der Waals surface area (Å²) in [5.74, 6) is -0.228. The first-order valence-electron chi connectivity index (χ1n) is 9.90. The lowest BCUT2D eigenvalue weighted by molar-refractivity contribution is -0.140. The van der Waals surface area contributed by atoms with Gasteiger partial charge in [0.05, 0.1) is 31.3 Å². The summed E-state index contributed by atoms with van der Waals surface area (Å²) in [6, 6.07) is 10.7. The summed E-state index contributed by atoms with van der Waals surface area (Å²) in [5.41, 5.74) is 2.18. The Labute approximate surface area is 170 Å². The van der Waals surface area contributed by atoms with Crippen molar-refractivity contribution in [3.63, 3.8) is 0 Å². The van der Waals surface area contributed by atoms with Gasteiger partial charge in [0, 0.05) is 30.7 Å². The van der Waals surface area contributed by atoms with E-state index in [1.54, 1.807) is 0 Å². The largest absolute Gasteiger partial charge is 0.469 e. The van der Waals surface area contributed by atoms with Crippen LogP contribution in [0.3, 0.4) is 0 Å². The Kier molecular flexibility index (Phi) is 5.62. The maximum atomic E-state index is 11.8. The molecule has 1 aliphatic carbocycles. The molecule has 3 heterocycles. The van der Waals surface area contributed by atoms with Gasteiger partial charge in [0.2, 0.25) is 0 Å². The number of hydrogen-bond donors (Lipinski definition) is 1. The van der Waals surface area contributed by atoms with Crippen LogP contribution < -0.4 is 5.32 Å². The molecule has 0 bridgehead atoms. The first kappa shape index (κ1) is 18.9. The Bertz CT molecular complexity index is 832. The van der Waals surface area contributed by atoms with Crippen LogP contribution in [-0.4, -0.2) is 39.2 Å². The number of esters is 1. The molecule has 1 N–H and O–H groups in total. The number of methoxy groups -OCH3 is 1. The zero-order valence-electron chi connectivity index (χ0n) is 16.1. The highest BCUT2D eigenvalue weighted by Gasteiger charge is 2.41. The number of ether oxygens (including phenoxy) is 1. The predicted molar refractivity (Wildman–Crippen MR) is 111 cm³/mol. The molecule has 2 aliphatic rings. The summed E-state index contributed by atoms with van der Waals surface area (Å²) >= 11 is 5.66. The third-order valence-electron chi connectivity index (χ3n) is 5.82. The quantitative estimate of drug-likeness (QED) is 0.593. The van der Waals surface area contributed by atoms with Gasteiger partial charge >= 0.3 is 5.97 Å². The average Bonchev–Trinajstić information content (AvgIpc) is 3.46. The number of nitrogens with zero attached hydrogens (tertiary/aromatic N) is 3. The lowest BCUT2D eigenvalue weighted by Crippen LogP contribution is -2.33. The highest BCUT2D eigenvalue weighted by Crippen LogP contribution is 2.41. The van der Waals surface area contributed by atoms with Crippen molar-refractivity contribution in [1.82, 2.24) is 19.8 Å². The number of nitrogens with one attached hydrogen (secondary N) is 1. The number of thiocarbonyl (C=S) groups is 1. The lowest BCUT2D eigenvalue weighted by Gasteiger charge is -2.30. The standard InChI is InChI=1S/C21H26N4O2S/c1-27-18(26)11-14-25-20(17-10-6-13-24(17)15-7-2-3-8-15)19(23-21(25)28)16-9-4-5-12-22-16/h4-6,9-10,12-13,15,19-20H,2-3,7-8,11,14H2,1H3,(H,23,28). The van der Waals surface area contributed by atoms with Gasteiger partial charge in [-0.3, -0.25) is 9.78 Å². The van der Waals surface area contributed by atoms with Gasteiger partial charge in [-0.25, -0.2) is 0 Å². The zero-order chi connectivity index (χ0) is 19.5. The van der Waals surface area contributed by atoms with E-state index in [0.717, 1.165) is 5.69 Å². The molecule has 0 radical (unpaired) electrons. The lowest BCUT2D eigenvalue weighted by atomic mass is 10.0. The fraction of sp³-hybridized carbons (Fsp3) is 0.476. The van der Waals surface area contributed by atoms with Crippen molar-refractivity contribution in [2.75, 3.05) is 13.7 Å². The van der Waals surface area contributed by atoms with E-state index in [1.165, 1.54) is 38.5 Å². The Morgan fingerprint density at radius 3 is 2.82 bits per heavy atom. The Balaban J connectivity index is 1.70. The minimum absolute atomic E-state index is 0.0114. The Morgan fingerprint density at radius 2 is 2.11 bits per heavy atom. The van der Waals surface area contributed by atoms with Crippen molar-refractivity contribution in [3.8, 4) is 0 Å². The van der Waals surface area contributed by atoms with E-state index in [0.29, 0.717) is 24.1 Å². The molecule has 4 rings (SSSR count). The van der Waals surface area contributed by atoms with Crippen LogP contribution in [0.5, 0.6) is 0 Å². The van der Waals surface area contributed by atoms with Gasteiger partial charge < -0.3 is 19.5 Å². The van der Waals surface area contributed by atoms with E-state index < -0.39 is 0 Å². The third kappa shape index (κ3) is 3.63. The van der Waals surface area contributed by atoms with E-state index >= 15 is 0 Å². The highest BCUT2D eigenvalue weighted by molar-refractivity contribution is 7.80. The molecule has 0 aromatic carbocycles. The van der Waals surface area contributed by atoms with Crippen molar-refractivity contribution < 1.29 is 9.53 Å². The van der Waals surface area contributed by atoms with Gasteiger partial charge in [-0.2, -0.15) is 0 Å². The average molecular weight is 399 g/mol. The molecule has 1 aliphatic heterocycles. The number of pyridine rings is 1. The summed E-state index contributed by atoms with van der Waals surface area (Å²) in [7, 11) is 1.42. The van der Waals surface area contributed by atoms with E-state index in [9.17, 15) is 4.79 Å². The van der Waals surface area contributed by atoms with Crippen LogP contribution in [0.4, 0.5) is 0 Å². The summed E-state index contributed by atoms with van der Waals surface area (Å²) in [6.45, 7) is 0.516. The highest BCUT2D eigenvalue weighted by atomic mass is 32.1. The van der Waals surface area contributed by atoms with E-state index in [2.05, 4.69) is 38.1 Å². The maximum Gasteiger partial charge on any atom is 0.307 e. The normalized spacial score (nSPS) is 22.5. The molecule has 2 aromatic rings. The van der Waals surface area contributed by atoms with Gasteiger partial charge in [0.25, 0.3) is 0 Å². The van der Waals surface area contributed by atoms with E-state index in [1.807, 2.05) is 24.4 Å². The molecular formula is C21H26N4O2S. The molecule has 2 atom stereocenters. The van der Waals surface area contributed by atoms with Crippen LogP contribution in [0.15, 0.2) is 42.7 Å². The third-order valence-corrected chi connectivity index (χ3v) is 6.17. The summed E-state index contributed by atoms with van der Waals surface area (Å²) < 4.78 is 7.25. The Morgan fingerprint density at radius 1 is 1.29 bits per heavy atom. The topological polar surface area (TPSA) is 59.4 Å². The van der Waals surface area contributed by atoms with Gasteiger partial charge in [-0.05, 0) is 49.3 Å². The molecule has 2 aromatic heterocycles. The molecule has 1 saturated heterocycles. The molecule has 2 fully saturated rings. The first-order chi connectivity index (χ1) is 13.7. The SMILES string of the molecule is COC(=O)CCN1C(=S)NC(c2ccccn2)C1c1cccn1C1CCCC1. The molecule has 6 nitrogen and oxygen atoms in total. The molecule has 0 amide bonds. The van der Waals surface area contributed by atoms with Crippen molar-refractivity contribution in [1.29, 1.82) is 0 Å². The fourth-order valence-electron chi connectivity index (χ4n) is 4.45. The van der Waals surface area contributed by atoms with Gasteiger partial charge in [0.15, 0.2) is 5.11 Å². The number of hydrogen-bond acceptors (Lipinski definition) is 4. The van der Waals surface area contributed by atoms with E-state index in [4.69, 9.17) is 17.0 Å². The van der Waals surface area contributed by atoms with Crippen LogP contribution in [-0.2, 0) is 9.53 Å². The summed E-state index contributed by atoms with van der Waals surface area (Å²) in [6.07, 6.45) is 9.27. The molecular weight excluding hydrogens is 372 g/mol. The first-order valence-corrected chi connectivity index (χ1v) is 10.3. The Hall–Kier alpha value is -2.41. The van der Waals surface area contributed by atoms with Crippen molar-refractivity contribution in [2.45, 2.75) is 50.2 Å². The maximum absolute atomic E-state index is 11.8. The molecule has 1 saturated carbocycles. The van der Waals surface area contributed by atoms with Gasteiger partial charge in [-0.15, -0.1) is 0 Å². The monoisotopic (exact) mass is 398 g/mol. The molecule has 2 unspecified atom stereocenters. The number of carbonyl (C=O) groups excluding carboxylic acids is 1. The van der Waals surface area contributed by atoms with Crippen molar-refractivity contribution >= 4 is 23.3 Å². The minimum Gasteiger partial charge on any atom is -0.469 e. The van der Waals surface area contributed by atoms with Crippen LogP contribution in [0.2, 0.25) is 0 Å². The molecule has 28 heavy (non-hydrogen) atoms. The summed E-state index contributed by atoms with van der Waals surface area (Å²) in [4.78, 5) is 18.5. The summed E-state index contributed by atoms with van der Waals surface area (Å²) in [5, 5.41) is 4.10.